The zero-order valence-corrected chi connectivity index (χ0v) is 8.98. The van der Waals surface area contributed by atoms with Crippen molar-refractivity contribution in [2.75, 3.05) is 11.9 Å². The van der Waals surface area contributed by atoms with Crippen molar-refractivity contribution in [2.45, 2.75) is 25.6 Å². The lowest BCUT2D eigenvalue weighted by atomic mass is 10.0. The van der Waals surface area contributed by atoms with Gasteiger partial charge < -0.3 is 10.1 Å². The van der Waals surface area contributed by atoms with Crippen LogP contribution in [0, 0.1) is 0 Å². The van der Waals surface area contributed by atoms with Crippen LogP contribution < -0.4 is 10.1 Å². The van der Waals surface area contributed by atoms with Gasteiger partial charge in [0.25, 0.3) is 0 Å². The molecule has 2 rings (SSSR count). The van der Waals surface area contributed by atoms with Gasteiger partial charge in [-0.25, -0.2) is 0 Å². The van der Waals surface area contributed by atoms with Crippen LogP contribution in [0.3, 0.4) is 0 Å². The number of hydrogen-bond acceptors (Lipinski definition) is 2. The molecule has 0 atom stereocenters. The highest BCUT2D eigenvalue weighted by molar-refractivity contribution is 5.65. The van der Waals surface area contributed by atoms with Gasteiger partial charge in [0.2, 0.25) is 0 Å². The van der Waals surface area contributed by atoms with Gasteiger partial charge in [-0.15, -0.1) is 0 Å². The molecule has 1 N–H and O–H groups in total. The average Bonchev–Trinajstić information content (AvgIpc) is 2.13. The molecule has 1 aromatic rings. The van der Waals surface area contributed by atoms with Gasteiger partial charge in [0.05, 0.1) is 16.8 Å². The Labute approximate surface area is 91.4 Å². The van der Waals surface area contributed by atoms with Crippen molar-refractivity contribution in [2.24, 2.45) is 0 Å². The third-order valence-corrected chi connectivity index (χ3v) is 2.38. The Kier molecular flexibility index (Phi) is 2.29. The number of ether oxygens (including phenoxy) is 1. The Balaban J connectivity index is 2.51. The molecule has 0 amide bonds. The zero-order valence-electron chi connectivity index (χ0n) is 8.98. The second-order valence-corrected chi connectivity index (χ2v) is 4.47. The van der Waals surface area contributed by atoms with E-state index in [1.807, 2.05) is 0 Å². The molecule has 0 spiro atoms. The van der Waals surface area contributed by atoms with Gasteiger partial charge >= 0.3 is 6.18 Å². The van der Waals surface area contributed by atoms with Crippen LogP contribution in [0.5, 0.6) is 5.75 Å². The van der Waals surface area contributed by atoms with E-state index >= 15 is 0 Å². The third-order valence-electron chi connectivity index (χ3n) is 2.38. The summed E-state index contributed by atoms with van der Waals surface area (Å²) < 4.78 is 43.5. The SMILES string of the molecule is CC1(C)COc2cccc(C(F)(F)F)c2N1. The van der Waals surface area contributed by atoms with E-state index in [1.54, 1.807) is 13.8 Å². The van der Waals surface area contributed by atoms with E-state index in [-0.39, 0.29) is 11.4 Å². The molecule has 1 aromatic carbocycles. The molecule has 0 fully saturated rings. The minimum Gasteiger partial charge on any atom is -0.489 e. The van der Waals surface area contributed by atoms with Gasteiger partial charge in [0.1, 0.15) is 12.4 Å². The highest BCUT2D eigenvalue weighted by Gasteiger charge is 2.38. The van der Waals surface area contributed by atoms with E-state index < -0.39 is 17.3 Å². The highest BCUT2D eigenvalue weighted by Crippen LogP contribution is 2.42. The molecule has 0 saturated heterocycles. The summed E-state index contributed by atoms with van der Waals surface area (Å²) in [6.45, 7) is 3.94. The summed E-state index contributed by atoms with van der Waals surface area (Å²) in [5, 5.41) is 2.87. The first-order valence-corrected chi connectivity index (χ1v) is 4.91. The molecule has 0 aliphatic carbocycles. The Morgan fingerprint density at radius 3 is 2.62 bits per heavy atom. The summed E-state index contributed by atoms with van der Waals surface area (Å²) in [7, 11) is 0. The Morgan fingerprint density at radius 1 is 1.31 bits per heavy atom. The molecular weight excluding hydrogens is 219 g/mol. The summed E-state index contributed by atoms with van der Waals surface area (Å²) in [5.74, 6) is 0.258. The number of halogens is 3. The van der Waals surface area contributed by atoms with E-state index in [2.05, 4.69) is 5.32 Å². The molecule has 1 heterocycles. The van der Waals surface area contributed by atoms with Crippen LogP contribution in [0.1, 0.15) is 19.4 Å². The van der Waals surface area contributed by atoms with Gasteiger partial charge in [-0.05, 0) is 26.0 Å². The molecule has 88 valence electrons. The molecule has 1 aliphatic rings. The van der Waals surface area contributed by atoms with Crippen molar-refractivity contribution in [3.63, 3.8) is 0 Å². The van der Waals surface area contributed by atoms with E-state index in [0.29, 0.717) is 6.61 Å². The van der Waals surface area contributed by atoms with E-state index in [1.165, 1.54) is 12.1 Å². The summed E-state index contributed by atoms with van der Waals surface area (Å²) in [6.07, 6.45) is -4.37. The lowest BCUT2D eigenvalue weighted by molar-refractivity contribution is -0.137. The smallest absolute Gasteiger partial charge is 0.418 e. The fraction of sp³-hybridized carbons (Fsp3) is 0.455. The molecule has 2 nitrogen and oxygen atoms in total. The van der Waals surface area contributed by atoms with Gasteiger partial charge in [0, 0.05) is 0 Å². The van der Waals surface area contributed by atoms with Gasteiger partial charge in [-0.2, -0.15) is 13.2 Å². The first kappa shape index (κ1) is 11.1. The van der Waals surface area contributed by atoms with Crippen LogP contribution in [-0.2, 0) is 6.18 Å². The number of alkyl halides is 3. The van der Waals surface area contributed by atoms with Crippen molar-refractivity contribution >= 4 is 5.69 Å². The predicted octanol–water partition coefficient (Wildman–Crippen LogP) is 3.29. The van der Waals surface area contributed by atoms with E-state index in [9.17, 15) is 13.2 Å². The number of fused-ring (bicyclic) bond motifs is 1. The molecule has 16 heavy (non-hydrogen) atoms. The molecule has 0 unspecified atom stereocenters. The topological polar surface area (TPSA) is 21.3 Å². The fourth-order valence-electron chi connectivity index (χ4n) is 1.65. The van der Waals surface area contributed by atoms with E-state index in [4.69, 9.17) is 4.74 Å². The van der Waals surface area contributed by atoms with Crippen LogP contribution in [0.15, 0.2) is 18.2 Å². The van der Waals surface area contributed by atoms with Crippen molar-refractivity contribution < 1.29 is 17.9 Å². The molecule has 0 radical (unpaired) electrons. The molecular formula is C11H12F3NO. The lowest BCUT2D eigenvalue weighted by Gasteiger charge is -2.35. The van der Waals surface area contributed by atoms with Crippen molar-refractivity contribution in [1.29, 1.82) is 0 Å². The first-order valence-electron chi connectivity index (χ1n) is 4.91. The number of anilines is 1. The van der Waals surface area contributed by atoms with Gasteiger partial charge in [-0.3, -0.25) is 0 Å². The maximum atomic E-state index is 12.7. The Hall–Kier alpha value is -1.39. The summed E-state index contributed by atoms with van der Waals surface area (Å²) >= 11 is 0. The largest absolute Gasteiger partial charge is 0.489 e. The number of benzene rings is 1. The van der Waals surface area contributed by atoms with E-state index in [0.717, 1.165) is 6.07 Å². The van der Waals surface area contributed by atoms with Crippen LogP contribution in [0.2, 0.25) is 0 Å². The number of nitrogens with one attached hydrogen (secondary N) is 1. The second kappa shape index (κ2) is 3.30. The second-order valence-electron chi connectivity index (χ2n) is 4.47. The number of para-hydroxylation sites is 1. The van der Waals surface area contributed by atoms with Crippen molar-refractivity contribution in [1.82, 2.24) is 0 Å². The number of rotatable bonds is 0. The highest BCUT2D eigenvalue weighted by atomic mass is 19.4. The maximum Gasteiger partial charge on any atom is 0.418 e. The predicted molar refractivity (Wildman–Crippen MR) is 54.6 cm³/mol. The maximum absolute atomic E-state index is 12.7. The monoisotopic (exact) mass is 231 g/mol. The minimum atomic E-state index is -4.37. The number of hydrogen-bond donors (Lipinski definition) is 1. The molecule has 5 heteroatoms. The van der Waals surface area contributed by atoms with Crippen LogP contribution in [0.25, 0.3) is 0 Å². The fourth-order valence-corrected chi connectivity index (χ4v) is 1.65. The quantitative estimate of drug-likeness (QED) is 0.739. The molecule has 0 bridgehead atoms. The van der Waals surface area contributed by atoms with Crippen LogP contribution in [-0.4, -0.2) is 12.1 Å². The lowest BCUT2D eigenvalue weighted by Crippen LogP contribution is -2.41. The zero-order chi connectivity index (χ0) is 12.0. The van der Waals surface area contributed by atoms with Crippen molar-refractivity contribution in [3.8, 4) is 5.75 Å². The Bertz CT molecular complexity index is 412. The molecule has 0 saturated carbocycles. The normalized spacial score (nSPS) is 18.3. The van der Waals surface area contributed by atoms with Gasteiger partial charge in [0.15, 0.2) is 0 Å². The van der Waals surface area contributed by atoms with Gasteiger partial charge in [-0.1, -0.05) is 6.07 Å². The summed E-state index contributed by atoms with van der Waals surface area (Å²) in [6, 6.07) is 3.94. The minimum absolute atomic E-state index is 0.0336. The summed E-state index contributed by atoms with van der Waals surface area (Å²) in [5.41, 5.74) is -1.14. The molecule has 0 aromatic heterocycles. The van der Waals surface area contributed by atoms with Crippen LogP contribution >= 0.6 is 0 Å². The van der Waals surface area contributed by atoms with Crippen molar-refractivity contribution in [3.05, 3.63) is 23.8 Å². The first-order chi connectivity index (χ1) is 7.30. The molecule has 1 aliphatic heterocycles. The average molecular weight is 231 g/mol. The Morgan fingerprint density at radius 2 is 2.00 bits per heavy atom. The summed E-state index contributed by atoms with van der Waals surface area (Å²) in [4.78, 5) is 0. The third kappa shape index (κ3) is 1.94. The van der Waals surface area contributed by atoms with Crippen LogP contribution in [0.4, 0.5) is 18.9 Å². The standard InChI is InChI=1S/C11H12F3NO/c1-10(2)6-16-8-5-3-4-7(9(8)15-10)11(12,13)14/h3-5,15H,6H2,1-2H3.